The third kappa shape index (κ3) is 5.45. The van der Waals surface area contributed by atoms with Crippen molar-refractivity contribution in [3.05, 3.63) is 252 Å². The van der Waals surface area contributed by atoms with Gasteiger partial charge in [0, 0.05) is 11.8 Å². The van der Waals surface area contributed by atoms with Crippen molar-refractivity contribution in [1.29, 1.82) is 0 Å². The quantitative estimate of drug-likeness (QED) is 0.161. The summed E-state index contributed by atoms with van der Waals surface area (Å²) in [7, 11) is 0. The van der Waals surface area contributed by atoms with Crippen molar-refractivity contribution in [1.82, 2.24) is 0 Å². The standard InChI is InChI=1S/C56H38/c1-2-12-37(13-3-1)44-34-45(36-46(35-44)41-28-32-43(33-29-41)56-53-20-10-6-16-49(53)50-17-7-11-21-54(50)56)40-24-22-38(23-25-40)39-26-30-42(31-27-39)55-51-18-8-4-14-47(51)48-15-5-9-19-52(48)55/h1-36,55-56H. The lowest BCUT2D eigenvalue weighted by Crippen LogP contribution is -1.99. The van der Waals surface area contributed by atoms with Gasteiger partial charge in [0.1, 0.15) is 0 Å². The molecule has 262 valence electrons. The lowest BCUT2D eigenvalue weighted by molar-refractivity contribution is 1.02. The van der Waals surface area contributed by atoms with Crippen LogP contribution in [0, 0.1) is 0 Å². The largest absolute Gasteiger partial charge is 0.0622 e. The summed E-state index contributed by atoms with van der Waals surface area (Å²) >= 11 is 0. The fourth-order valence-corrected chi connectivity index (χ4v) is 9.38. The molecule has 9 aromatic carbocycles. The molecule has 2 aliphatic carbocycles. The van der Waals surface area contributed by atoms with E-state index in [9.17, 15) is 0 Å². The first-order valence-electron chi connectivity index (χ1n) is 19.6. The van der Waals surface area contributed by atoms with E-state index in [0.29, 0.717) is 0 Å². The number of hydrogen-bond acceptors (Lipinski definition) is 0. The van der Waals surface area contributed by atoms with E-state index in [4.69, 9.17) is 0 Å². The molecule has 0 radical (unpaired) electrons. The molecule has 0 fully saturated rings. The number of hydrogen-bond donors (Lipinski definition) is 0. The van der Waals surface area contributed by atoms with Gasteiger partial charge in [-0.25, -0.2) is 0 Å². The van der Waals surface area contributed by atoms with Crippen LogP contribution in [0.1, 0.15) is 45.2 Å². The van der Waals surface area contributed by atoms with E-state index in [-0.39, 0.29) is 11.8 Å². The fraction of sp³-hybridized carbons (Fsp3) is 0.0357. The lowest BCUT2D eigenvalue weighted by Gasteiger charge is -2.16. The van der Waals surface area contributed by atoms with Crippen molar-refractivity contribution in [2.45, 2.75) is 11.8 Å². The molecular weight excluding hydrogens is 673 g/mol. The van der Waals surface area contributed by atoms with E-state index in [0.717, 1.165) is 0 Å². The van der Waals surface area contributed by atoms with Gasteiger partial charge in [0.25, 0.3) is 0 Å². The zero-order chi connectivity index (χ0) is 37.0. The van der Waals surface area contributed by atoms with Crippen molar-refractivity contribution in [2.75, 3.05) is 0 Å². The van der Waals surface area contributed by atoms with Crippen molar-refractivity contribution in [3.63, 3.8) is 0 Å². The predicted octanol–water partition coefficient (Wildman–Crippen LogP) is 14.7. The molecule has 0 nitrogen and oxygen atoms in total. The van der Waals surface area contributed by atoms with Gasteiger partial charge in [-0.1, -0.05) is 200 Å². The third-order valence-corrected chi connectivity index (χ3v) is 12.1. The fourth-order valence-electron chi connectivity index (χ4n) is 9.38. The molecule has 11 rings (SSSR count). The molecule has 9 aromatic rings. The van der Waals surface area contributed by atoms with E-state index in [1.807, 2.05) is 0 Å². The van der Waals surface area contributed by atoms with Crippen LogP contribution < -0.4 is 0 Å². The molecule has 56 heavy (non-hydrogen) atoms. The Morgan fingerprint density at radius 2 is 0.446 bits per heavy atom. The molecule has 0 saturated carbocycles. The third-order valence-electron chi connectivity index (χ3n) is 12.1. The van der Waals surface area contributed by atoms with E-state index in [1.165, 1.54) is 100 Å². The van der Waals surface area contributed by atoms with Crippen LogP contribution >= 0.6 is 0 Å². The lowest BCUT2D eigenvalue weighted by atomic mass is 9.87. The van der Waals surface area contributed by atoms with Gasteiger partial charge >= 0.3 is 0 Å². The van der Waals surface area contributed by atoms with Gasteiger partial charge in [0.15, 0.2) is 0 Å². The van der Waals surface area contributed by atoms with Gasteiger partial charge in [0.2, 0.25) is 0 Å². The Hall–Kier alpha value is -7.02. The minimum atomic E-state index is 0.244. The highest BCUT2D eigenvalue weighted by Gasteiger charge is 2.30. The second-order valence-electron chi connectivity index (χ2n) is 15.2. The van der Waals surface area contributed by atoms with Crippen LogP contribution in [0.2, 0.25) is 0 Å². The highest BCUT2D eigenvalue weighted by molar-refractivity contribution is 5.84. The van der Waals surface area contributed by atoms with Gasteiger partial charge in [-0.05, 0) is 118 Å². The van der Waals surface area contributed by atoms with Gasteiger partial charge in [-0.15, -0.1) is 0 Å². The average molecular weight is 711 g/mol. The predicted molar refractivity (Wildman–Crippen MR) is 234 cm³/mol. The Morgan fingerprint density at radius 3 is 0.786 bits per heavy atom. The van der Waals surface area contributed by atoms with E-state index in [2.05, 4.69) is 218 Å². The Kier molecular flexibility index (Phi) is 7.74. The Morgan fingerprint density at radius 1 is 0.196 bits per heavy atom. The van der Waals surface area contributed by atoms with Crippen LogP contribution in [0.5, 0.6) is 0 Å². The van der Waals surface area contributed by atoms with Gasteiger partial charge < -0.3 is 0 Å². The molecule has 0 amide bonds. The minimum Gasteiger partial charge on any atom is -0.0622 e. The summed E-state index contributed by atoms with van der Waals surface area (Å²) in [6, 6.07) is 80.8. The van der Waals surface area contributed by atoms with Gasteiger partial charge in [0.05, 0.1) is 0 Å². The maximum Gasteiger partial charge on any atom is 0.0352 e. The topological polar surface area (TPSA) is 0 Å². The average Bonchev–Trinajstić information content (AvgIpc) is 3.80. The van der Waals surface area contributed by atoms with Crippen molar-refractivity contribution in [2.24, 2.45) is 0 Å². The van der Waals surface area contributed by atoms with Crippen LogP contribution in [0.25, 0.3) is 66.8 Å². The zero-order valence-electron chi connectivity index (χ0n) is 30.9. The summed E-state index contributed by atoms with van der Waals surface area (Å²) in [5.74, 6) is 0.505. The summed E-state index contributed by atoms with van der Waals surface area (Å²) in [4.78, 5) is 0. The summed E-state index contributed by atoms with van der Waals surface area (Å²) in [6.07, 6.45) is 0. The smallest absolute Gasteiger partial charge is 0.0352 e. The second kappa shape index (κ2) is 13.4. The highest BCUT2D eigenvalue weighted by Crippen LogP contribution is 2.49. The molecular formula is C56H38. The maximum absolute atomic E-state index is 2.35. The zero-order valence-corrected chi connectivity index (χ0v) is 30.9. The number of benzene rings is 9. The molecule has 0 heteroatoms. The molecule has 2 aliphatic rings. The Labute approximate surface area is 329 Å². The molecule has 0 heterocycles. The summed E-state index contributed by atoms with van der Waals surface area (Å²) in [5, 5.41) is 0. The first kappa shape index (κ1) is 32.4. The van der Waals surface area contributed by atoms with E-state index >= 15 is 0 Å². The van der Waals surface area contributed by atoms with Crippen LogP contribution in [0.3, 0.4) is 0 Å². The van der Waals surface area contributed by atoms with Crippen molar-refractivity contribution < 1.29 is 0 Å². The molecule has 0 aliphatic heterocycles. The Balaban J connectivity index is 0.911. The van der Waals surface area contributed by atoms with Crippen LogP contribution in [0.4, 0.5) is 0 Å². The van der Waals surface area contributed by atoms with Crippen molar-refractivity contribution in [3.8, 4) is 66.8 Å². The number of fused-ring (bicyclic) bond motifs is 6. The molecule has 0 N–H and O–H groups in total. The summed E-state index contributed by atoms with van der Waals surface area (Å²) in [5.41, 5.74) is 23.4. The SMILES string of the molecule is c1ccc(-c2cc(-c3ccc(-c4ccc(C5c6ccccc6-c6ccccc65)cc4)cc3)cc(-c3ccc(C4c5ccccc5-c5ccccc54)cc3)c2)cc1. The molecule has 0 aromatic heterocycles. The normalized spacial score (nSPS) is 12.9. The molecule has 0 atom stereocenters. The first-order chi connectivity index (χ1) is 27.8. The highest BCUT2D eigenvalue weighted by atomic mass is 14.3. The molecule has 0 unspecified atom stereocenters. The van der Waals surface area contributed by atoms with Crippen LogP contribution in [-0.4, -0.2) is 0 Å². The number of rotatable bonds is 6. The van der Waals surface area contributed by atoms with Gasteiger partial charge in [-0.2, -0.15) is 0 Å². The monoisotopic (exact) mass is 710 g/mol. The second-order valence-corrected chi connectivity index (χ2v) is 15.2. The minimum absolute atomic E-state index is 0.244. The molecule has 0 spiro atoms. The summed E-state index contributed by atoms with van der Waals surface area (Å²) in [6.45, 7) is 0. The van der Waals surface area contributed by atoms with Crippen molar-refractivity contribution >= 4 is 0 Å². The van der Waals surface area contributed by atoms with Crippen LogP contribution in [0.15, 0.2) is 218 Å². The first-order valence-corrected chi connectivity index (χ1v) is 19.6. The maximum atomic E-state index is 2.35. The van der Waals surface area contributed by atoms with Gasteiger partial charge in [-0.3, -0.25) is 0 Å². The molecule has 0 bridgehead atoms. The summed E-state index contributed by atoms with van der Waals surface area (Å²) < 4.78 is 0. The van der Waals surface area contributed by atoms with E-state index in [1.54, 1.807) is 0 Å². The van der Waals surface area contributed by atoms with Crippen LogP contribution in [-0.2, 0) is 0 Å². The molecule has 0 saturated heterocycles. The van der Waals surface area contributed by atoms with E-state index < -0.39 is 0 Å². The Bertz CT molecular complexity index is 2790.